The van der Waals surface area contributed by atoms with Crippen molar-refractivity contribution >= 4 is 6.08 Å². The van der Waals surface area contributed by atoms with Crippen LogP contribution in [0.2, 0.25) is 0 Å². The van der Waals surface area contributed by atoms with Gasteiger partial charge in [0.1, 0.15) is 6.10 Å². The Morgan fingerprint density at radius 3 is 2.71 bits per heavy atom. The van der Waals surface area contributed by atoms with E-state index in [1.54, 1.807) is 7.11 Å². The molecule has 0 aromatic heterocycles. The monoisotopic (exact) mass is 289 g/mol. The van der Waals surface area contributed by atoms with Crippen molar-refractivity contribution in [3.8, 4) is 11.5 Å². The van der Waals surface area contributed by atoms with E-state index in [9.17, 15) is 0 Å². The summed E-state index contributed by atoms with van der Waals surface area (Å²) in [6, 6.07) is 6.72. The van der Waals surface area contributed by atoms with Crippen molar-refractivity contribution in [3.63, 3.8) is 0 Å². The van der Waals surface area contributed by atoms with Crippen LogP contribution in [0.1, 0.15) is 45.1 Å². The van der Waals surface area contributed by atoms with Crippen LogP contribution in [-0.4, -0.2) is 25.8 Å². The highest BCUT2D eigenvalue weighted by atomic mass is 16.5. The molecular formula is C18H27NO2. The Bertz CT molecular complexity index is 464. The van der Waals surface area contributed by atoms with E-state index in [0.717, 1.165) is 23.6 Å². The Morgan fingerprint density at radius 1 is 1.29 bits per heavy atom. The highest BCUT2D eigenvalue weighted by Crippen LogP contribution is 2.29. The minimum absolute atomic E-state index is 0.132. The Balaban J connectivity index is 1.91. The molecule has 0 heterocycles. The van der Waals surface area contributed by atoms with Crippen LogP contribution in [-0.2, 0) is 0 Å². The first-order valence-corrected chi connectivity index (χ1v) is 7.93. The first kappa shape index (κ1) is 15.9. The fourth-order valence-corrected chi connectivity index (χ4v) is 2.80. The van der Waals surface area contributed by atoms with E-state index in [1.807, 2.05) is 25.1 Å². The maximum Gasteiger partial charge on any atom is 0.161 e. The van der Waals surface area contributed by atoms with Gasteiger partial charge in [0.2, 0.25) is 0 Å². The normalized spacial score (nSPS) is 17.3. The predicted octanol–water partition coefficient (Wildman–Crippen LogP) is 4.03. The van der Waals surface area contributed by atoms with E-state index >= 15 is 0 Å². The third-order valence-electron chi connectivity index (χ3n) is 3.92. The molecule has 0 amide bonds. The molecule has 1 aliphatic rings. The van der Waals surface area contributed by atoms with E-state index < -0.39 is 0 Å². The highest BCUT2D eigenvalue weighted by molar-refractivity contribution is 5.55. The molecule has 0 radical (unpaired) electrons. The number of nitrogens with one attached hydrogen (secondary N) is 1. The molecule has 1 unspecified atom stereocenters. The van der Waals surface area contributed by atoms with Crippen LogP contribution in [0, 0.1) is 0 Å². The lowest BCUT2D eigenvalue weighted by molar-refractivity contribution is 0.202. The molecule has 116 valence electrons. The zero-order chi connectivity index (χ0) is 15.1. The molecule has 1 saturated carbocycles. The third-order valence-corrected chi connectivity index (χ3v) is 3.92. The van der Waals surface area contributed by atoms with E-state index in [2.05, 4.69) is 24.4 Å². The van der Waals surface area contributed by atoms with Gasteiger partial charge in [-0.15, -0.1) is 0 Å². The van der Waals surface area contributed by atoms with Gasteiger partial charge < -0.3 is 14.8 Å². The van der Waals surface area contributed by atoms with Crippen LogP contribution in [0.25, 0.3) is 6.08 Å². The summed E-state index contributed by atoms with van der Waals surface area (Å²) in [5, 5.41) is 3.59. The van der Waals surface area contributed by atoms with Crippen LogP contribution < -0.4 is 14.8 Å². The number of ether oxygens (including phenoxy) is 2. The van der Waals surface area contributed by atoms with Crippen LogP contribution >= 0.6 is 0 Å². The van der Waals surface area contributed by atoms with E-state index in [4.69, 9.17) is 9.47 Å². The molecule has 3 nitrogen and oxygen atoms in total. The quantitative estimate of drug-likeness (QED) is 0.822. The predicted molar refractivity (Wildman–Crippen MR) is 88.1 cm³/mol. The summed E-state index contributed by atoms with van der Waals surface area (Å²) in [4.78, 5) is 0. The number of hydrogen-bond donors (Lipinski definition) is 1. The topological polar surface area (TPSA) is 30.5 Å². The number of rotatable bonds is 7. The third kappa shape index (κ3) is 4.78. The van der Waals surface area contributed by atoms with Gasteiger partial charge in [0.25, 0.3) is 0 Å². The lowest BCUT2D eigenvalue weighted by Crippen LogP contribution is -2.35. The molecule has 0 aliphatic heterocycles. The Hall–Kier alpha value is -1.48. The van der Waals surface area contributed by atoms with Crippen LogP contribution in [0.4, 0.5) is 0 Å². The van der Waals surface area contributed by atoms with Gasteiger partial charge >= 0.3 is 0 Å². The molecule has 21 heavy (non-hydrogen) atoms. The number of allylic oxidation sites excluding steroid dienone is 1. The summed E-state index contributed by atoms with van der Waals surface area (Å²) in [6.45, 7) is 4.99. The van der Waals surface area contributed by atoms with Crippen LogP contribution in [0.15, 0.2) is 24.3 Å². The van der Waals surface area contributed by atoms with E-state index in [0.29, 0.717) is 6.04 Å². The molecular weight excluding hydrogens is 262 g/mol. The average Bonchev–Trinajstić information content (AvgIpc) is 3.00. The minimum Gasteiger partial charge on any atom is -0.493 e. The summed E-state index contributed by atoms with van der Waals surface area (Å²) in [5.41, 5.74) is 1.12. The number of methoxy groups -OCH3 is 1. The Kier molecular flexibility index (Phi) is 6.12. The lowest BCUT2D eigenvalue weighted by Gasteiger charge is -2.20. The van der Waals surface area contributed by atoms with Crippen molar-refractivity contribution in [3.05, 3.63) is 29.8 Å². The molecule has 1 aromatic carbocycles. The van der Waals surface area contributed by atoms with Gasteiger partial charge in [0, 0.05) is 12.6 Å². The molecule has 1 atom stereocenters. The fraction of sp³-hybridized carbons (Fsp3) is 0.556. The maximum atomic E-state index is 6.02. The van der Waals surface area contributed by atoms with Gasteiger partial charge in [-0.2, -0.15) is 0 Å². The summed E-state index contributed by atoms with van der Waals surface area (Å²) in [7, 11) is 1.68. The minimum atomic E-state index is 0.132. The zero-order valence-electron chi connectivity index (χ0n) is 13.4. The Morgan fingerprint density at radius 2 is 2.05 bits per heavy atom. The second-order valence-corrected chi connectivity index (χ2v) is 5.73. The molecule has 0 spiro atoms. The van der Waals surface area contributed by atoms with E-state index in [1.165, 1.54) is 25.7 Å². The molecule has 0 saturated heterocycles. The first-order valence-electron chi connectivity index (χ1n) is 7.93. The van der Waals surface area contributed by atoms with E-state index in [-0.39, 0.29) is 6.10 Å². The summed E-state index contributed by atoms with van der Waals surface area (Å²) in [5.74, 6) is 1.60. The molecule has 1 aromatic rings. The summed E-state index contributed by atoms with van der Waals surface area (Å²) in [6.07, 6.45) is 9.51. The van der Waals surface area contributed by atoms with Crippen molar-refractivity contribution in [1.82, 2.24) is 5.32 Å². The van der Waals surface area contributed by atoms with Gasteiger partial charge in [0.05, 0.1) is 7.11 Å². The van der Waals surface area contributed by atoms with Crippen molar-refractivity contribution in [2.24, 2.45) is 0 Å². The molecule has 3 heteroatoms. The molecule has 2 rings (SSSR count). The summed E-state index contributed by atoms with van der Waals surface area (Å²) >= 11 is 0. The second-order valence-electron chi connectivity index (χ2n) is 5.73. The smallest absolute Gasteiger partial charge is 0.161 e. The molecule has 0 bridgehead atoms. The van der Waals surface area contributed by atoms with Gasteiger partial charge in [-0.3, -0.25) is 0 Å². The zero-order valence-corrected chi connectivity index (χ0v) is 13.4. The summed E-state index contributed by atoms with van der Waals surface area (Å²) < 4.78 is 11.4. The van der Waals surface area contributed by atoms with Gasteiger partial charge in [-0.05, 0) is 44.4 Å². The maximum absolute atomic E-state index is 6.02. The molecule has 1 aliphatic carbocycles. The Labute approximate surface area is 128 Å². The molecule has 1 N–H and O–H groups in total. The van der Waals surface area contributed by atoms with Crippen LogP contribution in [0.3, 0.4) is 0 Å². The van der Waals surface area contributed by atoms with Crippen LogP contribution in [0.5, 0.6) is 11.5 Å². The standard InChI is InChI=1S/C18H27NO2/c1-4-7-15-10-11-17(18(12-15)20-3)21-14(2)13-19-16-8-5-6-9-16/h4,7,10-12,14,16,19H,5-6,8-9,13H2,1-3H3. The lowest BCUT2D eigenvalue weighted by atomic mass is 10.2. The SMILES string of the molecule is CC=Cc1ccc(OC(C)CNC2CCCC2)c(OC)c1. The average molecular weight is 289 g/mol. The largest absolute Gasteiger partial charge is 0.493 e. The van der Waals surface area contributed by atoms with Gasteiger partial charge in [-0.1, -0.05) is 31.1 Å². The highest BCUT2D eigenvalue weighted by Gasteiger charge is 2.16. The second kappa shape index (κ2) is 8.08. The van der Waals surface area contributed by atoms with Gasteiger partial charge in [0.15, 0.2) is 11.5 Å². The number of benzene rings is 1. The van der Waals surface area contributed by atoms with Crippen molar-refractivity contribution in [2.45, 2.75) is 51.7 Å². The molecule has 1 fully saturated rings. The van der Waals surface area contributed by atoms with Crippen molar-refractivity contribution in [2.75, 3.05) is 13.7 Å². The van der Waals surface area contributed by atoms with Crippen molar-refractivity contribution < 1.29 is 9.47 Å². The number of hydrogen-bond acceptors (Lipinski definition) is 3. The fourth-order valence-electron chi connectivity index (χ4n) is 2.80. The first-order chi connectivity index (χ1) is 10.2. The van der Waals surface area contributed by atoms with Crippen molar-refractivity contribution in [1.29, 1.82) is 0 Å². The van der Waals surface area contributed by atoms with Gasteiger partial charge in [-0.25, -0.2) is 0 Å².